The van der Waals surface area contributed by atoms with E-state index in [-0.39, 0.29) is 12.3 Å². The van der Waals surface area contributed by atoms with Crippen molar-refractivity contribution in [1.82, 2.24) is 16.0 Å². The van der Waals surface area contributed by atoms with E-state index >= 15 is 0 Å². The molecule has 154 valence electrons. The topological polar surface area (TPSA) is 134 Å². The third-order valence-electron chi connectivity index (χ3n) is 4.00. The van der Waals surface area contributed by atoms with Crippen LogP contribution in [0, 0.1) is 0 Å². The molecule has 0 aromatic heterocycles. The van der Waals surface area contributed by atoms with Crippen LogP contribution in [0.25, 0.3) is 0 Å². The summed E-state index contributed by atoms with van der Waals surface area (Å²) in [6.45, 7) is 2.30. The molecule has 28 heavy (non-hydrogen) atoms. The fraction of sp³-hybridized carbons (Fsp3) is 0.474. The molecule has 0 bridgehead atoms. The van der Waals surface area contributed by atoms with Gasteiger partial charge in [-0.1, -0.05) is 37.3 Å². The number of carbonyl (C=O) groups is 4. The maximum Gasteiger partial charge on any atom is 0.328 e. The SMILES string of the molecule is CCC(NC(C)=O)C(=O)N[C@@H](CO)C(=O)N[C@@H](Cc1ccccc1)C(=O)OC. The number of esters is 1. The van der Waals surface area contributed by atoms with E-state index in [0.717, 1.165) is 5.56 Å². The number of amides is 3. The molecule has 1 rings (SSSR count). The van der Waals surface area contributed by atoms with Gasteiger partial charge in [0.2, 0.25) is 17.7 Å². The van der Waals surface area contributed by atoms with Crippen LogP contribution in [-0.4, -0.2) is 60.6 Å². The summed E-state index contributed by atoms with van der Waals surface area (Å²) in [5, 5.41) is 16.8. The van der Waals surface area contributed by atoms with Gasteiger partial charge in [0.15, 0.2) is 0 Å². The second-order valence-corrected chi connectivity index (χ2v) is 6.18. The third-order valence-corrected chi connectivity index (χ3v) is 4.00. The predicted molar refractivity (Wildman–Crippen MR) is 101 cm³/mol. The molecular weight excluding hydrogens is 366 g/mol. The highest BCUT2D eigenvalue weighted by atomic mass is 16.5. The van der Waals surface area contributed by atoms with Crippen molar-refractivity contribution in [2.24, 2.45) is 0 Å². The summed E-state index contributed by atoms with van der Waals surface area (Å²) in [5.74, 6) is -2.38. The average Bonchev–Trinajstić information content (AvgIpc) is 2.69. The fourth-order valence-electron chi connectivity index (χ4n) is 2.52. The molecule has 3 amide bonds. The van der Waals surface area contributed by atoms with Gasteiger partial charge in [0.05, 0.1) is 13.7 Å². The Balaban J connectivity index is 2.81. The molecule has 0 saturated carbocycles. The van der Waals surface area contributed by atoms with Crippen LogP contribution in [0.1, 0.15) is 25.8 Å². The van der Waals surface area contributed by atoms with Gasteiger partial charge < -0.3 is 25.8 Å². The van der Waals surface area contributed by atoms with Crippen molar-refractivity contribution < 1.29 is 29.0 Å². The number of carbonyl (C=O) groups excluding carboxylic acids is 4. The van der Waals surface area contributed by atoms with Gasteiger partial charge in [-0.2, -0.15) is 0 Å². The summed E-state index contributed by atoms with van der Waals surface area (Å²) < 4.78 is 4.73. The van der Waals surface area contributed by atoms with Crippen molar-refractivity contribution in [2.75, 3.05) is 13.7 Å². The molecule has 1 unspecified atom stereocenters. The summed E-state index contributed by atoms with van der Waals surface area (Å²) in [6.07, 6.45) is 0.499. The van der Waals surface area contributed by atoms with E-state index in [1.807, 2.05) is 6.07 Å². The Morgan fingerprint density at radius 2 is 1.54 bits per heavy atom. The highest BCUT2D eigenvalue weighted by molar-refractivity contribution is 5.93. The maximum absolute atomic E-state index is 12.5. The largest absolute Gasteiger partial charge is 0.467 e. The highest BCUT2D eigenvalue weighted by Crippen LogP contribution is 2.05. The molecule has 3 atom stereocenters. The molecule has 4 N–H and O–H groups in total. The number of rotatable bonds is 10. The first-order valence-corrected chi connectivity index (χ1v) is 8.92. The van der Waals surface area contributed by atoms with Crippen molar-refractivity contribution in [3.05, 3.63) is 35.9 Å². The van der Waals surface area contributed by atoms with Gasteiger partial charge in [0.1, 0.15) is 18.1 Å². The second kappa shape index (κ2) is 11.7. The second-order valence-electron chi connectivity index (χ2n) is 6.18. The minimum Gasteiger partial charge on any atom is -0.467 e. The Morgan fingerprint density at radius 3 is 2.04 bits per heavy atom. The number of aliphatic hydroxyl groups is 1. The third kappa shape index (κ3) is 7.36. The quantitative estimate of drug-likeness (QED) is 0.388. The number of methoxy groups -OCH3 is 1. The lowest BCUT2D eigenvalue weighted by Gasteiger charge is -2.23. The van der Waals surface area contributed by atoms with Crippen LogP contribution in [-0.2, 0) is 30.3 Å². The van der Waals surface area contributed by atoms with Crippen LogP contribution in [0.2, 0.25) is 0 Å². The van der Waals surface area contributed by atoms with Crippen LogP contribution in [0.15, 0.2) is 30.3 Å². The van der Waals surface area contributed by atoms with E-state index in [0.29, 0.717) is 6.42 Å². The normalized spacial score (nSPS) is 13.6. The first-order valence-electron chi connectivity index (χ1n) is 8.92. The first-order chi connectivity index (χ1) is 13.3. The van der Waals surface area contributed by atoms with Gasteiger partial charge >= 0.3 is 5.97 Å². The maximum atomic E-state index is 12.5. The zero-order valence-corrected chi connectivity index (χ0v) is 16.2. The fourth-order valence-corrected chi connectivity index (χ4v) is 2.52. The molecule has 0 radical (unpaired) electrons. The van der Waals surface area contributed by atoms with Gasteiger partial charge in [-0.05, 0) is 12.0 Å². The molecule has 0 spiro atoms. The summed E-state index contributed by atoms with van der Waals surface area (Å²) >= 11 is 0. The summed E-state index contributed by atoms with van der Waals surface area (Å²) in [5.41, 5.74) is 0.805. The monoisotopic (exact) mass is 393 g/mol. The standard InChI is InChI=1S/C19H27N3O6/c1-4-14(20-12(2)24)17(25)22-16(11-23)18(26)21-15(19(27)28-3)10-13-8-6-5-7-9-13/h5-9,14-16,23H,4,10-11H2,1-3H3,(H,20,24)(H,21,26)(H,22,25)/t14?,15-,16-/m0/s1. The van der Waals surface area contributed by atoms with E-state index in [4.69, 9.17) is 4.74 Å². The molecule has 0 heterocycles. The minimum absolute atomic E-state index is 0.189. The summed E-state index contributed by atoms with van der Waals surface area (Å²) in [4.78, 5) is 47.9. The van der Waals surface area contributed by atoms with Crippen LogP contribution in [0.5, 0.6) is 0 Å². The molecule has 9 nitrogen and oxygen atoms in total. The van der Waals surface area contributed by atoms with Gasteiger partial charge in [-0.25, -0.2) is 4.79 Å². The van der Waals surface area contributed by atoms with E-state index in [9.17, 15) is 24.3 Å². The molecule has 0 fully saturated rings. The Hall–Kier alpha value is -2.94. The van der Waals surface area contributed by atoms with Crippen molar-refractivity contribution in [1.29, 1.82) is 0 Å². The van der Waals surface area contributed by atoms with Gasteiger partial charge in [-0.3, -0.25) is 14.4 Å². The van der Waals surface area contributed by atoms with Gasteiger partial charge in [0, 0.05) is 13.3 Å². The van der Waals surface area contributed by atoms with Gasteiger partial charge in [0.25, 0.3) is 0 Å². The smallest absolute Gasteiger partial charge is 0.328 e. The molecule has 0 saturated heterocycles. The Kier molecular flexibility index (Phi) is 9.66. The van der Waals surface area contributed by atoms with Crippen LogP contribution in [0.3, 0.4) is 0 Å². The number of hydrogen-bond donors (Lipinski definition) is 4. The van der Waals surface area contributed by atoms with Crippen molar-refractivity contribution in [2.45, 2.75) is 44.8 Å². The lowest BCUT2D eigenvalue weighted by Crippen LogP contribution is -2.57. The summed E-state index contributed by atoms with van der Waals surface area (Å²) in [7, 11) is 1.21. The Bertz CT molecular complexity index is 680. The molecule has 0 aliphatic carbocycles. The van der Waals surface area contributed by atoms with E-state index in [2.05, 4.69) is 16.0 Å². The van der Waals surface area contributed by atoms with E-state index in [1.54, 1.807) is 31.2 Å². The zero-order valence-electron chi connectivity index (χ0n) is 16.2. The average molecular weight is 393 g/mol. The molecule has 0 aliphatic rings. The highest BCUT2D eigenvalue weighted by Gasteiger charge is 2.29. The van der Waals surface area contributed by atoms with Crippen LogP contribution < -0.4 is 16.0 Å². The molecule has 1 aromatic carbocycles. The van der Waals surface area contributed by atoms with Crippen LogP contribution >= 0.6 is 0 Å². The Morgan fingerprint density at radius 1 is 0.964 bits per heavy atom. The number of aliphatic hydroxyl groups excluding tert-OH is 1. The van der Waals surface area contributed by atoms with E-state index in [1.165, 1.54) is 14.0 Å². The Labute approximate surface area is 163 Å². The number of hydrogen-bond acceptors (Lipinski definition) is 6. The molecular formula is C19H27N3O6. The molecule has 0 aliphatic heterocycles. The van der Waals surface area contributed by atoms with Crippen LogP contribution in [0.4, 0.5) is 0 Å². The van der Waals surface area contributed by atoms with Crippen molar-refractivity contribution in [3.63, 3.8) is 0 Å². The minimum atomic E-state index is -1.28. The molecule has 9 heteroatoms. The first kappa shape index (κ1) is 23.1. The lowest BCUT2D eigenvalue weighted by molar-refractivity contribution is -0.145. The summed E-state index contributed by atoms with van der Waals surface area (Å²) in [6, 6.07) is 5.93. The zero-order chi connectivity index (χ0) is 21.1. The number of ether oxygens (including phenoxy) is 1. The predicted octanol–water partition coefficient (Wildman–Crippen LogP) is -0.721. The van der Waals surface area contributed by atoms with Gasteiger partial charge in [-0.15, -0.1) is 0 Å². The lowest BCUT2D eigenvalue weighted by atomic mass is 10.1. The number of nitrogens with one attached hydrogen (secondary N) is 3. The van der Waals surface area contributed by atoms with Crippen molar-refractivity contribution in [3.8, 4) is 0 Å². The van der Waals surface area contributed by atoms with E-state index < -0.39 is 42.5 Å². The molecule has 1 aromatic rings. The van der Waals surface area contributed by atoms with Crippen molar-refractivity contribution >= 4 is 23.7 Å². The number of benzene rings is 1.